The Balaban J connectivity index is 2.53. The zero-order valence-corrected chi connectivity index (χ0v) is 13.5. The van der Waals surface area contributed by atoms with Gasteiger partial charge in [0, 0.05) is 27.2 Å². The summed E-state index contributed by atoms with van der Waals surface area (Å²) in [6, 6.07) is 0. The molecular formula is C14H23N5O3. The molecule has 0 radical (unpaired) electrons. The van der Waals surface area contributed by atoms with Gasteiger partial charge in [-0.15, -0.1) is 0 Å². The van der Waals surface area contributed by atoms with Crippen LogP contribution in [0.1, 0.15) is 20.3 Å². The fourth-order valence-electron chi connectivity index (χ4n) is 2.24. The summed E-state index contributed by atoms with van der Waals surface area (Å²) in [4.78, 5) is 30.6. The number of anilines is 1. The highest BCUT2D eigenvalue weighted by atomic mass is 16.5. The van der Waals surface area contributed by atoms with Crippen LogP contribution in [-0.2, 0) is 18.3 Å². The van der Waals surface area contributed by atoms with Gasteiger partial charge in [0.1, 0.15) is 0 Å². The Morgan fingerprint density at radius 3 is 2.73 bits per heavy atom. The minimum atomic E-state index is -0.463. The second-order valence-corrected chi connectivity index (χ2v) is 5.68. The van der Waals surface area contributed by atoms with Crippen LogP contribution >= 0.6 is 0 Å². The number of hydrogen-bond donors (Lipinski definition) is 2. The molecule has 122 valence electrons. The van der Waals surface area contributed by atoms with Gasteiger partial charge in [0.15, 0.2) is 11.2 Å². The van der Waals surface area contributed by atoms with E-state index in [0.29, 0.717) is 42.7 Å². The quantitative estimate of drug-likeness (QED) is 0.728. The number of aromatic nitrogens is 4. The smallest absolute Gasteiger partial charge is 0.329 e. The molecule has 0 aliphatic carbocycles. The fourth-order valence-corrected chi connectivity index (χ4v) is 2.24. The summed E-state index contributed by atoms with van der Waals surface area (Å²) < 4.78 is 8.21. The number of imidazole rings is 1. The molecule has 0 atom stereocenters. The first-order chi connectivity index (χ1) is 10.5. The summed E-state index contributed by atoms with van der Waals surface area (Å²) in [6.45, 7) is 6.01. The van der Waals surface area contributed by atoms with Crippen LogP contribution in [0.3, 0.4) is 0 Å². The lowest BCUT2D eigenvalue weighted by Crippen LogP contribution is -2.29. The van der Waals surface area contributed by atoms with E-state index >= 15 is 0 Å². The normalized spacial score (nSPS) is 11.5. The van der Waals surface area contributed by atoms with Gasteiger partial charge in [0.25, 0.3) is 5.56 Å². The van der Waals surface area contributed by atoms with E-state index in [0.717, 1.165) is 6.42 Å². The number of aryl methyl sites for hydroxylation is 2. The van der Waals surface area contributed by atoms with Crippen molar-refractivity contribution in [3.63, 3.8) is 0 Å². The summed E-state index contributed by atoms with van der Waals surface area (Å²) in [7, 11) is 3.22. The zero-order chi connectivity index (χ0) is 16.3. The largest absolute Gasteiger partial charge is 0.383 e. The first-order valence-electron chi connectivity index (χ1n) is 7.38. The van der Waals surface area contributed by atoms with Crippen molar-refractivity contribution in [2.45, 2.75) is 26.8 Å². The molecule has 0 aromatic carbocycles. The summed E-state index contributed by atoms with van der Waals surface area (Å²) in [5, 5.41) is 3.16. The second kappa shape index (κ2) is 6.78. The molecule has 0 aliphatic heterocycles. The molecule has 0 amide bonds. The maximum absolute atomic E-state index is 12.2. The molecular weight excluding hydrogens is 286 g/mol. The molecule has 0 aliphatic rings. The van der Waals surface area contributed by atoms with Crippen molar-refractivity contribution in [3.8, 4) is 0 Å². The number of aromatic amines is 1. The van der Waals surface area contributed by atoms with E-state index < -0.39 is 11.2 Å². The van der Waals surface area contributed by atoms with E-state index in [1.807, 2.05) is 4.57 Å². The molecule has 2 heterocycles. The molecule has 0 bridgehead atoms. The predicted octanol–water partition coefficient (Wildman–Crippen LogP) is 0.528. The molecule has 2 aromatic heterocycles. The van der Waals surface area contributed by atoms with Crippen molar-refractivity contribution >= 4 is 17.1 Å². The first kappa shape index (κ1) is 16.3. The highest BCUT2D eigenvalue weighted by molar-refractivity contribution is 5.74. The van der Waals surface area contributed by atoms with Crippen molar-refractivity contribution in [2.75, 3.05) is 25.6 Å². The summed E-state index contributed by atoms with van der Waals surface area (Å²) in [5.41, 5.74) is -0.0660. The van der Waals surface area contributed by atoms with Gasteiger partial charge >= 0.3 is 5.69 Å². The molecule has 0 saturated carbocycles. The Morgan fingerprint density at radius 2 is 2.09 bits per heavy atom. The minimum Gasteiger partial charge on any atom is -0.383 e. The van der Waals surface area contributed by atoms with E-state index in [1.165, 1.54) is 4.57 Å². The lowest BCUT2D eigenvalue weighted by molar-refractivity contribution is 0.210. The highest BCUT2D eigenvalue weighted by Gasteiger charge is 2.17. The topological polar surface area (TPSA) is 93.9 Å². The standard InChI is InChI=1S/C14H23N5O3/c1-9(2)5-7-19-10-11(16-13(19)15-6-8-22-4)18(3)14(21)17-12(10)20/h9H,5-8H2,1-4H3,(H,15,16)(H,17,20,21). The van der Waals surface area contributed by atoms with E-state index in [9.17, 15) is 9.59 Å². The molecule has 0 saturated heterocycles. The van der Waals surface area contributed by atoms with Crippen molar-refractivity contribution < 1.29 is 4.74 Å². The van der Waals surface area contributed by atoms with E-state index in [-0.39, 0.29) is 0 Å². The van der Waals surface area contributed by atoms with E-state index in [4.69, 9.17) is 4.74 Å². The molecule has 22 heavy (non-hydrogen) atoms. The van der Waals surface area contributed by atoms with Crippen molar-refractivity contribution in [1.82, 2.24) is 19.1 Å². The summed E-state index contributed by atoms with van der Waals surface area (Å²) in [6.07, 6.45) is 0.909. The number of nitrogens with one attached hydrogen (secondary N) is 2. The average molecular weight is 309 g/mol. The fraction of sp³-hybridized carbons (Fsp3) is 0.643. The third-order valence-corrected chi connectivity index (χ3v) is 3.53. The van der Waals surface area contributed by atoms with Crippen LogP contribution < -0.4 is 16.6 Å². The van der Waals surface area contributed by atoms with Crippen LogP contribution in [-0.4, -0.2) is 39.4 Å². The molecule has 2 rings (SSSR count). The van der Waals surface area contributed by atoms with Gasteiger partial charge in [-0.3, -0.25) is 14.3 Å². The van der Waals surface area contributed by atoms with Crippen molar-refractivity contribution in [2.24, 2.45) is 13.0 Å². The molecule has 0 spiro atoms. The summed E-state index contributed by atoms with van der Waals surface area (Å²) >= 11 is 0. The maximum atomic E-state index is 12.2. The predicted molar refractivity (Wildman–Crippen MR) is 85.4 cm³/mol. The van der Waals surface area contributed by atoms with Crippen LogP contribution in [0.2, 0.25) is 0 Å². The third-order valence-electron chi connectivity index (χ3n) is 3.53. The Labute approximate surface area is 128 Å². The second-order valence-electron chi connectivity index (χ2n) is 5.68. The summed E-state index contributed by atoms with van der Waals surface area (Å²) in [5.74, 6) is 1.08. The van der Waals surface area contributed by atoms with Gasteiger partial charge < -0.3 is 14.6 Å². The van der Waals surface area contributed by atoms with E-state index in [2.05, 4.69) is 29.1 Å². The van der Waals surface area contributed by atoms with Gasteiger partial charge in [0.05, 0.1) is 6.61 Å². The number of hydrogen-bond acceptors (Lipinski definition) is 5. The maximum Gasteiger partial charge on any atom is 0.329 e. The van der Waals surface area contributed by atoms with Crippen LogP contribution in [0.4, 0.5) is 5.95 Å². The first-order valence-corrected chi connectivity index (χ1v) is 7.38. The number of nitrogens with zero attached hydrogens (tertiary/aromatic N) is 3. The van der Waals surface area contributed by atoms with Gasteiger partial charge in [0.2, 0.25) is 5.95 Å². The van der Waals surface area contributed by atoms with Crippen LogP contribution in [0.5, 0.6) is 0 Å². The number of methoxy groups -OCH3 is 1. The average Bonchev–Trinajstić information content (AvgIpc) is 2.82. The van der Waals surface area contributed by atoms with Crippen LogP contribution in [0.15, 0.2) is 9.59 Å². The Bertz CT molecular complexity index is 756. The Morgan fingerprint density at radius 1 is 1.36 bits per heavy atom. The zero-order valence-electron chi connectivity index (χ0n) is 13.5. The Kier molecular flexibility index (Phi) is 5.02. The van der Waals surface area contributed by atoms with Crippen molar-refractivity contribution in [3.05, 3.63) is 20.8 Å². The van der Waals surface area contributed by atoms with Crippen molar-refractivity contribution in [1.29, 1.82) is 0 Å². The monoisotopic (exact) mass is 309 g/mol. The highest BCUT2D eigenvalue weighted by Crippen LogP contribution is 2.17. The number of fused-ring (bicyclic) bond motifs is 1. The van der Waals surface area contributed by atoms with Crippen LogP contribution in [0, 0.1) is 5.92 Å². The van der Waals surface area contributed by atoms with Crippen LogP contribution in [0.25, 0.3) is 11.2 Å². The molecule has 8 nitrogen and oxygen atoms in total. The molecule has 0 unspecified atom stereocenters. The lowest BCUT2D eigenvalue weighted by atomic mass is 10.1. The number of rotatable bonds is 7. The van der Waals surface area contributed by atoms with Gasteiger partial charge in [-0.05, 0) is 12.3 Å². The minimum absolute atomic E-state index is 0.387. The lowest BCUT2D eigenvalue weighted by Gasteiger charge is -2.11. The number of ether oxygens (including phenoxy) is 1. The molecule has 2 aromatic rings. The van der Waals surface area contributed by atoms with Gasteiger partial charge in [-0.2, -0.15) is 4.98 Å². The number of H-pyrrole nitrogens is 1. The SMILES string of the molecule is COCCNc1nc2c(c(=O)[nH]c(=O)n2C)n1CCC(C)C. The van der Waals surface area contributed by atoms with E-state index in [1.54, 1.807) is 14.2 Å². The Hall–Kier alpha value is -2.09. The third kappa shape index (κ3) is 3.22. The molecule has 0 fully saturated rings. The molecule has 2 N–H and O–H groups in total. The van der Waals surface area contributed by atoms with Gasteiger partial charge in [-0.25, -0.2) is 4.79 Å². The molecule has 8 heteroatoms. The van der Waals surface area contributed by atoms with Gasteiger partial charge in [-0.1, -0.05) is 13.8 Å².